The number of fused-ring (bicyclic) bond motifs is 4. The predicted octanol–water partition coefficient (Wildman–Crippen LogP) is 4.56. The molecule has 0 amide bonds. The van der Waals surface area contributed by atoms with Crippen LogP contribution < -0.4 is 25.5 Å². The van der Waals surface area contributed by atoms with Crippen LogP contribution in [0.15, 0.2) is 71.7 Å². The molecule has 3 aliphatic rings. The van der Waals surface area contributed by atoms with Gasteiger partial charge in [0.1, 0.15) is 17.3 Å². The summed E-state index contributed by atoms with van der Waals surface area (Å²) in [6, 6.07) is 12.8. The molecule has 18 heteroatoms. The number of benzene rings is 3. The summed E-state index contributed by atoms with van der Waals surface area (Å²) in [5, 5.41) is 47.3. The summed E-state index contributed by atoms with van der Waals surface area (Å²) in [4.78, 5) is 36.1. The minimum Gasteiger partial charge on any atom is -0.492 e. The first-order valence-corrected chi connectivity index (χ1v) is 19.0. The number of hydrogen-bond acceptors (Lipinski definition) is 14. The molecule has 0 spiro atoms. The first-order valence-electron chi connectivity index (χ1n) is 16.4. The fourth-order valence-electron chi connectivity index (χ4n) is 6.97. The second-order valence-electron chi connectivity index (χ2n) is 14.1. The molecule has 0 fully saturated rings. The lowest BCUT2D eigenvalue weighted by Gasteiger charge is -2.34. The zero-order chi connectivity index (χ0) is 39.6. The van der Waals surface area contributed by atoms with Crippen molar-refractivity contribution in [1.82, 2.24) is 4.73 Å². The molecule has 1 aromatic heterocycles. The Balaban J connectivity index is 1.50. The third-order valence-electron chi connectivity index (χ3n) is 8.95. The summed E-state index contributed by atoms with van der Waals surface area (Å²) in [5.74, 6) is -3.54. The van der Waals surface area contributed by atoms with Gasteiger partial charge in [0.05, 0.1) is 27.6 Å². The van der Waals surface area contributed by atoms with E-state index >= 15 is 0 Å². The fraction of sp³-hybridized carbons (Fsp3) is 0.216. The Morgan fingerprint density at radius 3 is 2.31 bits per heavy atom. The van der Waals surface area contributed by atoms with Crippen molar-refractivity contribution in [1.29, 1.82) is 0 Å². The number of nitrogens with one attached hydrogen (secondary N) is 1. The molecule has 0 atom stereocenters. The molecule has 7 rings (SSSR count). The van der Waals surface area contributed by atoms with Gasteiger partial charge in [-0.2, -0.15) is 8.42 Å². The molecule has 4 aromatic rings. The van der Waals surface area contributed by atoms with Gasteiger partial charge in [0.15, 0.2) is 0 Å². The van der Waals surface area contributed by atoms with Crippen LogP contribution in [0.5, 0.6) is 23.3 Å². The zero-order valence-corrected chi connectivity index (χ0v) is 31.1. The van der Waals surface area contributed by atoms with Crippen LogP contribution >= 0.6 is 12.0 Å². The highest BCUT2D eigenvalue weighted by atomic mass is 32.2. The number of aromatic nitrogens is 1. The minimum absolute atomic E-state index is 0.135. The normalized spacial score (nSPS) is 16.1. The Kier molecular flexibility index (Phi) is 9.31. The van der Waals surface area contributed by atoms with Crippen molar-refractivity contribution < 1.29 is 62.1 Å². The molecule has 55 heavy (non-hydrogen) atoms. The SMILES string of the molecule is CC1(C)C=C(CS(=O)(=O)O)c2cc3c(cc2=N1)Oc1cc2c(cc1C=3c1ccc(C(=O)On3c(O)ccc3O)cc1C(=O)O)C(CSOOO)=CC(C)(C)N2. The second kappa shape index (κ2) is 13.6. The third-order valence-corrected chi connectivity index (χ3v) is 10.2. The quantitative estimate of drug-likeness (QED) is 0.0374. The van der Waals surface area contributed by atoms with E-state index in [9.17, 15) is 37.9 Å². The number of aromatic carboxylic acids is 1. The Morgan fingerprint density at radius 2 is 1.64 bits per heavy atom. The maximum atomic E-state index is 13.2. The first kappa shape index (κ1) is 37.7. The van der Waals surface area contributed by atoms with Crippen molar-refractivity contribution in [2.75, 3.05) is 16.8 Å². The van der Waals surface area contributed by atoms with E-state index in [2.05, 4.69) is 14.7 Å². The molecule has 0 unspecified atom stereocenters. The maximum absolute atomic E-state index is 13.2. The number of carbonyl (C=O) groups excluding carboxylic acids is 1. The van der Waals surface area contributed by atoms with Crippen LogP contribution in [-0.2, 0) is 19.5 Å². The van der Waals surface area contributed by atoms with Crippen LogP contribution in [0, 0.1) is 0 Å². The molecule has 0 saturated heterocycles. The molecular weight excluding hydrogens is 759 g/mol. The molecule has 286 valence electrons. The number of hydrogen-bond donors (Lipinski definition) is 6. The molecule has 4 heterocycles. The molecular formula is C37H33N3O13S2. The van der Waals surface area contributed by atoms with E-state index in [1.807, 2.05) is 19.9 Å². The number of carbonyl (C=O) groups is 2. The number of nitrogens with zero attached hydrogens (tertiary/aromatic N) is 2. The number of aromatic hydroxyl groups is 2. The van der Waals surface area contributed by atoms with Gasteiger partial charge in [0.25, 0.3) is 10.1 Å². The van der Waals surface area contributed by atoms with Crippen molar-refractivity contribution in [3.8, 4) is 23.3 Å². The zero-order valence-electron chi connectivity index (χ0n) is 29.5. The lowest BCUT2D eigenvalue weighted by molar-refractivity contribution is -0.432. The molecule has 3 aliphatic heterocycles. The largest absolute Gasteiger partial charge is 0.492 e. The van der Waals surface area contributed by atoms with Gasteiger partial charge < -0.3 is 30.2 Å². The summed E-state index contributed by atoms with van der Waals surface area (Å²) in [6.07, 6.45) is 3.59. The maximum Gasteiger partial charge on any atom is 0.363 e. The average molecular weight is 792 g/mol. The van der Waals surface area contributed by atoms with Gasteiger partial charge in [0.2, 0.25) is 11.8 Å². The standard InChI is InChI=1S/C37H33N3O13S2/c1-36(2)14-19(16-54-53-52-46)22-10-25-29(12-27(22)38-36)50-30-13-28-23(20(17-55(47,48)49)15-37(3,4)39-28)11-26(30)33(25)21-6-5-18(9-24(21)34(43)44)35(45)51-40-31(41)7-8-32(40)42/h5-15,38,41-42,46H,16-17H2,1-4H3,(H,43,44)(H,47,48,49). The van der Waals surface area contributed by atoms with E-state index in [0.29, 0.717) is 49.0 Å². The van der Waals surface area contributed by atoms with Gasteiger partial charge in [-0.05, 0) is 68.7 Å². The Labute approximate surface area is 317 Å². The smallest absolute Gasteiger partial charge is 0.363 e. The summed E-state index contributed by atoms with van der Waals surface area (Å²) < 4.78 is 45.9. The molecule has 0 radical (unpaired) electrons. The van der Waals surface area contributed by atoms with Crippen LogP contribution in [0.1, 0.15) is 70.7 Å². The van der Waals surface area contributed by atoms with E-state index in [1.165, 1.54) is 12.1 Å². The Morgan fingerprint density at radius 1 is 0.909 bits per heavy atom. The average Bonchev–Trinajstić information content (AvgIpc) is 3.39. The second-order valence-corrected chi connectivity index (χ2v) is 16.2. The molecule has 0 bridgehead atoms. The molecule has 6 N–H and O–H groups in total. The topological polar surface area (TPSA) is 236 Å². The first-order chi connectivity index (χ1) is 25.8. The number of carboxylic acid groups (broad SMARTS) is 1. The molecule has 3 aromatic carbocycles. The van der Waals surface area contributed by atoms with Crippen molar-refractivity contribution in [2.45, 2.75) is 38.8 Å². The lowest BCUT2D eigenvalue weighted by atomic mass is 9.84. The van der Waals surface area contributed by atoms with Crippen LogP contribution in [0.2, 0.25) is 0 Å². The van der Waals surface area contributed by atoms with Crippen LogP contribution in [0.3, 0.4) is 0 Å². The summed E-state index contributed by atoms with van der Waals surface area (Å²) in [6.45, 7) is 7.46. The highest BCUT2D eigenvalue weighted by molar-refractivity contribution is 7.95. The monoisotopic (exact) mass is 791 g/mol. The van der Waals surface area contributed by atoms with Crippen LogP contribution in [0.25, 0.3) is 16.7 Å². The van der Waals surface area contributed by atoms with Gasteiger partial charge in [-0.25, -0.2) is 14.8 Å². The lowest BCUT2D eigenvalue weighted by Crippen LogP contribution is -2.33. The van der Waals surface area contributed by atoms with E-state index < -0.39 is 50.6 Å². The third kappa shape index (κ3) is 7.42. The van der Waals surface area contributed by atoms with Crippen molar-refractivity contribution >= 4 is 56.5 Å². The minimum atomic E-state index is -4.50. The van der Waals surface area contributed by atoms with Crippen LogP contribution in [0.4, 0.5) is 5.69 Å². The van der Waals surface area contributed by atoms with Crippen molar-refractivity contribution in [2.24, 2.45) is 4.99 Å². The number of anilines is 1. The van der Waals surface area contributed by atoms with Gasteiger partial charge >= 0.3 is 11.9 Å². The van der Waals surface area contributed by atoms with E-state index in [-0.39, 0.29) is 33.8 Å². The van der Waals surface area contributed by atoms with E-state index in [4.69, 9.17) is 19.8 Å². The summed E-state index contributed by atoms with van der Waals surface area (Å²) in [7, 11) is -4.50. The van der Waals surface area contributed by atoms with Crippen molar-refractivity contribution in [3.05, 3.63) is 111 Å². The summed E-state index contributed by atoms with van der Waals surface area (Å²) in [5.41, 5.74) is 1.70. The molecule has 0 saturated carbocycles. The highest BCUT2D eigenvalue weighted by Crippen LogP contribution is 2.45. The molecule has 0 aliphatic carbocycles. The van der Waals surface area contributed by atoms with Gasteiger partial charge in [0, 0.05) is 75.2 Å². The van der Waals surface area contributed by atoms with Gasteiger partial charge in [-0.1, -0.05) is 23.3 Å². The number of carboxylic acids is 1. The van der Waals surface area contributed by atoms with E-state index in [1.54, 1.807) is 44.2 Å². The predicted molar refractivity (Wildman–Crippen MR) is 199 cm³/mol. The number of rotatable bonds is 10. The number of ether oxygens (including phenoxy) is 1. The van der Waals surface area contributed by atoms with Crippen molar-refractivity contribution in [3.63, 3.8) is 0 Å². The van der Waals surface area contributed by atoms with E-state index in [0.717, 1.165) is 35.8 Å². The Hall–Kier alpha value is -5.63. The summed E-state index contributed by atoms with van der Waals surface area (Å²) >= 11 is 0.834. The Bertz CT molecular complexity index is 2610. The fourth-order valence-corrected chi connectivity index (χ4v) is 8.05. The van der Waals surface area contributed by atoms with Gasteiger partial charge in [-0.3, -0.25) is 9.55 Å². The van der Waals surface area contributed by atoms with Gasteiger partial charge in [-0.15, -0.1) is 9.06 Å². The molecule has 16 nitrogen and oxygen atoms in total. The van der Waals surface area contributed by atoms with Crippen LogP contribution in [-0.4, -0.2) is 72.8 Å². The highest BCUT2D eigenvalue weighted by Gasteiger charge is 2.32.